The quantitative estimate of drug-likeness (QED) is 0.556. The van der Waals surface area contributed by atoms with Crippen molar-refractivity contribution in [3.8, 4) is 0 Å². The van der Waals surface area contributed by atoms with Crippen LogP contribution < -0.4 is 5.73 Å². The van der Waals surface area contributed by atoms with Crippen molar-refractivity contribution in [3.63, 3.8) is 0 Å². The molecule has 0 unspecified atom stereocenters. The van der Waals surface area contributed by atoms with Gasteiger partial charge in [-0.2, -0.15) is 0 Å². The van der Waals surface area contributed by atoms with E-state index in [1.165, 1.54) is 16.7 Å². The van der Waals surface area contributed by atoms with Gasteiger partial charge in [0.25, 0.3) is 0 Å². The summed E-state index contributed by atoms with van der Waals surface area (Å²) in [5.74, 6) is 0. The lowest BCUT2D eigenvalue weighted by Crippen LogP contribution is -1.91. The first kappa shape index (κ1) is 6.47. The van der Waals surface area contributed by atoms with E-state index in [9.17, 15) is 0 Å². The number of anilines is 1. The zero-order valence-electron chi connectivity index (χ0n) is 6.43. The molecule has 1 nitrogen and oxygen atoms in total. The van der Waals surface area contributed by atoms with Crippen LogP contribution in [0.3, 0.4) is 0 Å². The monoisotopic (exact) mass is 145 g/mol. The summed E-state index contributed by atoms with van der Waals surface area (Å²) in [6, 6.07) is 6.04. The van der Waals surface area contributed by atoms with Gasteiger partial charge in [-0.25, -0.2) is 0 Å². The van der Waals surface area contributed by atoms with Crippen molar-refractivity contribution in [1.82, 2.24) is 0 Å². The van der Waals surface area contributed by atoms with E-state index < -0.39 is 0 Å². The van der Waals surface area contributed by atoms with Crippen molar-refractivity contribution >= 4 is 11.3 Å². The number of benzene rings is 1. The normalized spacial score (nSPS) is 15.1. The van der Waals surface area contributed by atoms with Crippen LogP contribution in [0.15, 0.2) is 24.8 Å². The Bertz CT molecular complexity index is 313. The van der Waals surface area contributed by atoms with Crippen molar-refractivity contribution < 1.29 is 0 Å². The minimum absolute atomic E-state index is 0.918. The van der Waals surface area contributed by atoms with Crippen molar-refractivity contribution in [2.24, 2.45) is 0 Å². The molecule has 0 atom stereocenters. The number of rotatable bonds is 0. The van der Waals surface area contributed by atoms with E-state index in [0.717, 1.165) is 18.5 Å². The highest BCUT2D eigenvalue weighted by atomic mass is 14.6. The summed E-state index contributed by atoms with van der Waals surface area (Å²) in [4.78, 5) is 0. The van der Waals surface area contributed by atoms with Gasteiger partial charge in [-0.3, -0.25) is 0 Å². The molecule has 0 aliphatic heterocycles. The van der Waals surface area contributed by atoms with E-state index >= 15 is 0 Å². The number of hydrogen-bond acceptors (Lipinski definition) is 1. The second-order valence-electron chi connectivity index (χ2n) is 2.98. The van der Waals surface area contributed by atoms with E-state index in [1.807, 2.05) is 12.1 Å². The third-order valence-corrected chi connectivity index (χ3v) is 2.27. The number of nitrogen functional groups attached to an aromatic ring is 1. The van der Waals surface area contributed by atoms with Gasteiger partial charge in [-0.05, 0) is 35.6 Å². The molecule has 2 N–H and O–H groups in total. The van der Waals surface area contributed by atoms with E-state index in [0.29, 0.717) is 0 Å². The van der Waals surface area contributed by atoms with Crippen LogP contribution in [0.4, 0.5) is 5.69 Å². The summed E-state index contributed by atoms with van der Waals surface area (Å²) in [7, 11) is 0. The molecule has 1 aliphatic rings. The van der Waals surface area contributed by atoms with Gasteiger partial charge in [0.1, 0.15) is 0 Å². The molecule has 0 bridgehead atoms. The molecule has 0 heterocycles. The zero-order chi connectivity index (χ0) is 7.84. The molecule has 0 saturated heterocycles. The van der Waals surface area contributed by atoms with Gasteiger partial charge in [0.15, 0.2) is 0 Å². The number of allylic oxidation sites excluding steroid dienone is 1. The largest absolute Gasteiger partial charge is 0.398 e. The third kappa shape index (κ3) is 0.845. The maximum atomic E-state index is 5.79. The maximum Gasteiger partial charge on any atom is 0.0352 e. The lowest BCUT2D eigenvalue weighted by molar-refractivity contribution is 1.09. The lowest BCUT2D eigenvalue weighted by atomic mass is 10.1. The smallest absolute Gasteiger partial charge is 0.0352 e. The van der Waals surface area contributed by atoms with E-state index in [1.54, 1.807) is 0 Å². The molecule has 0 amide bonds. The summed E-state index contributed by atoms with van der Waals surface area (Å²) in [6.07, 6.45) is 2.14. The second kappa shape index (κ2) is 2.12. The van der Waals surface area contributed by atoms with Crippen LogP contribution in [0.5, 0.6) is 0 Å². The molecule has 0 radical (unpaired) electrons. The molecule has 1 heteroatoms. The zero-order valence-corrected chi connectivity index (χ0v) is 6.43. The second-order valence-corrected chi connectivity index (χ2v) is 2.98. The molecule has 56 valence electrons. The van der Waals surface area contributed by atoms with Gasteiger partial charge >= 0.3 is 0 Å². The highest BCUT2D eigenvalue weighted by Gasteiger charge is 2.15. The van der Waals surface area contributed by atoms with Gasteiger partial charge in [0.2, 0.25) is 0 Å². The Labute approximate surface area is 66.5 Å². The molecule has 0 saturated carbocycles. The Hall–Kier alpha value is -1.24. The average Bonchev–Trinajstić information content (AvgIpc) is 2.35. The first-order valence-corrected chi connectivity index (χ1v) is 3.84. The van der Waals surface area contributed by atoms with E-state index in [2.05, 4.69) is 12.6 Å². The maximum absolute atomic E-state index is 5.79. The van der Waals surface area contributed by atoms with Crippen molar-refractivity contribution in [2.75, 3.05) is 5.73 Å². The Morgan fingerprint density at radius 1 is 1.27 bits per heavy atom. The molecular weight excluding hydrogens is 134 g/mol. The molecule has 2 rings (SSSR count). The molecule has 1 aromatic rings. The number of hydrogen-bond donors (Lipinski definition) is 1. The Morgan fingerprint density at radius 3 is 2.82 bits per heavy atom. The molecule has 1 aliphatic carbocycles. The summed E-state index contributed by atoms with van der Waals surface area (Å²) < 4.78 is 0. The Morgan fingerprint density at radius 2 is 2.09 bits per heavy atom. The first-order chi connectivity index (χ1) is 5.29. The van der Waals surface area contributed by atoms with Crippen molar-refractivity contribution in [3.05, 3.63) is 35.9 Å². The highest BCUT2D eigenvalue weighted by molar-refractivity contribution is 5.75. The van der Waals surface area contributed by atoms with Gasteiger partial charge in [0.05, 0.1) is 0 Å². The number of nitrogens with two attached hydrogens (primary N) is 1. The lowest BCUT2D eigenvalue weighted by Gasteiger charge is -2.01. The SMILES string of the molecule is C=C1CCc2c(N)cccc21. The molecular formula is C10H11N. The summed E-state index contributed by atoms with van der Waals surface area (Å²) >= 11 is 0. The predicted molar refractivity (Wildman–Crippen MR) is 48.2 cm³/mol. The summed E-state index contributed by atoms with van der Waals surface area (Å²) in [6.45, 7) is 3.98. The summed E-state index contributed by atoms with van der Waals surface area (Å²) in [5.41, 5.74) is 10.5. The fourth-order valence-electron chi connectivity index (χ4n) is 1.63. The van der Waals surface area contributed by atoms with Crippen LogP contribution in [0.25, 0.3) is 5.57 Å². The van der Waals surface area contributed by atoms with Gasteiger partial charge in [-0.1, -0.05) is 18.7 Å². The first-order valence-electron chi connectivity index (χ1n) is 3.84. The van der Waals surface area contributed by atoms with Crippen LogP contribution in [-0.4, -0.2) is 0 Å². The predicted octanol–water partition coefficient (Wildman–Crippen LogP) is 2.23. The Balaban J connectivity index is 2.66. The minimum Gasteiger partial charge on any atom is -0.398 e. The van der Waals surface area contributed by atoms with Gasteiger partial charge in [0, 0.05) is 5.69 Å². The van der Waals surface area contributed by atoms with Crippen LogP contribution >= 0.6 is 0 Å². The fourth-order valence-corrected chi connectivity index (χ4v) is 1.63. The van der Waals surface area contributed by atoms with Crippen LogP contribution in [-0.2, 0) is 6.42 Å². The highest BCUT2D eigenvalue weighted by Crippen LogP contribution is 2.33. The topological polar surface area (TPSA) is 26.0 Å². The molecule has 1 aromatic carbocycles. The number of fused-ring (bicyclic) bond motifs is 1. The molecule has 11 heavy (non-hydrogen) atoms. The average molecular weight is 145 g/mol. The van der Waals surface area contributed by atoms with Gasteiger partial charge < -0.3 is 5.73 Å². The standard InChI is InChI=1S/C10H11N/c1-7-5-6-9-8(7)3-2-4-10(9)11/h2-4H,1,5-6,11H2. The molecule has 0 aromatic heterocycles. The van der Waals surface area contributed by atoms with E-state index in [4.69, 9.17) is 5.73 Å². The van der Waals surface area contributed by atoms with E-state index in [-0.39, 0.29) is 0 Å². The molecule has 0 spiro atoms. The third-order valence-electron chi connectivity index (χ3n) is 2.27. The fraction of sp³-hybridized carbons (Fsp3) is 0.200. The Kier molecular flexibility index (Phi) is 1.25. The summed E-state index contributed by atoms with van der Waals surface area (Å²) in [5, 5.41) is 0. The van der Waals surface area contributed by atoms with Gasteiger partial charge in [-0.15, -0.1) is 0 Å². The molecule has 0 fully saturated rings. The van der Waals surface area contributed by atoms with Crippen LogP contribution in [0, 0.1) is 0 Å². The van der Waals surface area contributed by atoms with Crippen LogP contribution in [0.2, 0.25) is 0 Å². The van der Waals surface area contributed by atoms with Crippen LogP contribution in [0.1, 0.15) is 17.5 Å². The minimum atomic E-state index is 0.918. The van der Waals surface area contributed by atoms with Crippen molar-refractivity contribution in [2.45, 2.75) is 12.8 Å². The van der Waals surface area contributed by atoms with Crippen molar-refractivity contribution in [1.29, 1.82) is 0 Å².